The van der Waals surface area contributed by atoms with Crippen molar-refractivity contribution in [1.29, 1.82) is 0 Å². The van der Waals surface area contributed by atoms with E-state index in [2.05, 4.69) is 35.7 Å². The third-order valence-electron chi connectivity index (χ3n) is 6.23. The fourth-order valence-corrected chi connectivity index (χ4v) is 4.42. The van der Waals surface area contributed by atoms with Crippen molar-refractivity contribution in [2.24, 2.45) is 7.05 Å². The third-order valence-corrected chi connectivity index (χ3v) is 6.23. The first-order valence-electron chi connectivity index (χ1n) is 11.7. The van der Waals surface area contributed by atoms with Crippen molar-refractivity contribution in [2.45, 2.75) is 18.9 Å². The highest BCUT2D eigenvalue weighted by Gasteiger charge is 2.26. The standard InChI is InChI=1S/C24H26FN9O3/c1-32-11-15(7-28-32)20-12-34-21(10-26-20)18(9-29-34)24(36)31-19-6-16(8-27-23(19)25)30-22(35)13-33-5-3-4-17(33)14-37-2/h6-12,17H,3-5,13-14H2,1-2H3,(H,30,35)(H,31,36)/t17-/m1/s1. The summed E-state index contributed by atoms with van der Waals surface area (Å²) in [6, 6.07) is 1.52. The number of amides is 2. The topological polar surface area (TPSA) is 132 Å². The minimum absolute atomic E-state index is 0.166. The number of nitrogens with one attached hydrogen (secondary N) is 2. The number of anilines is 2. The summed E-state index contributed by atoms with van der Waals surface area (Å²) in [5.41, 5.74) is 2.19. The van der Waals surface area contributed by atoms with E-state index in [0.29, 0.717) is 17.8 Å². The fraction of sp³-hybridized carbons (Fsp3) is 0.333. The first-order valence-corrected chi connectivity index (χ1v) is 11.7. The van der Waals surface area contributed by atoms with E-state index >= 15 is 0 Å². The Kier molecular flexibility index (Phi) is 6.88. The van der Waals surface area contributed by atoms with E-state index < -0.39 is 11.9 Å². The highest BCUT2D eigenvalue weighted by molar-refractivity contribution is 6.09. The van der Waals surface area contributed by atoms with Crippen LogP contribution in [0.1, 0.15) is 23.2 Å². The van der Waals surface area contributed by atoms with E-state index in [0.717, 1.165) is 24.9 Å². The number of nitrogens with zero attached hydrogens (tertiary/aromatic N) is 7. The lowest BCUT2D eigenvalue weighted by atomic mass is 10.2. The van der Waals surface area contributed by atoms with Crippen molar-refractivity contribution in [3.8, 4) is 11.3 Å². The lowest BCUT2D eigenvalue weighted by Crippen LogP contribution is -2.38. The van der Waals surface area contributed by atoms with Crippen LogP contribution in [0.3, 0.4) is 0 Å². The number of methoxy groups -OCH3 is 1. The molecule has 0 saturated carbocycles. The Balaban J connectivity index is 1.28. The van der Waals surface area contributed by atoms with Gasteiger partial charge in [-0.25, -0.2) is 9.50 Å². The second kappa shape index (κ2) is 10.4. The highest BCUT2D eigenvalue weighted by atomic mass is 19.1. The van der Waals surface area contributed by atoms with Crippen LogP contribution in [-0.2, 0) is 16.6 Å². The normalized spacial score (nSPS) is 15.8. The Hall–Kier alpha value is -4.23. The van der Waals surface area contributed by atoms with Gasteiger partial charge < -0.3 is 15.4 Å². The number of hydrogen-bond donors (Lipinski definition) is 2. The van der Waals surface area contributed by atoms with E-state index in [-0.39, 0.29) is 35.4 Å². The number of likely N-dealkylation sites (tertiary alicyclic amines) is 1. The summed E-state index contributed by atoms with van der Waals surface area (Å²) in [6.45, 7) is 1.55. The Morgan fingerprint density at radius 1 is 1.14 bits per heavy atom. The largest absolute Gasteiger partial charge is 0.383 e. The number of aromatic nitrogens is 6. The maximum absolute atomic E-state index is 14.4. The van der Waals surface area contributed by atoms with Gasteiger partial charge >= 0.3 is 0 Å². The number of carbonyl (C=O) groups is 2. The summed E-state index contributed by atoms with van der Waals surface area (Å²) in [7, 11) is 3.44. The number of pyridine rings is 1. The van der Waals surface area contributed by atoms with Crippen molar-refractivity contribution in [1.82, 2.24) is 34.3 Å². The second-order valence-corrected chi connectivity index (χ2v) is 8.85. The van der Waals surface area contributed by atoms with E-state index in [4.69, 9.17) is 4.74 Å². The van der Waals surface area contributed by atoms with Crippen LogP contribution in [0.15, 0.2) is 43.2 Å². The Morgan fingerprint density at radius 2 is 2.00 bits per heavy atom. The van der Waals surface area contributed by atoms with Gasteiger partial charge in [-0.2, -0.15) is 14.6 Å². The van der Waals surface area contributed by atoms with Gasteiger partial charge in [-0.15, -0.1) is 0 Å². The van der Waals surface area contributed by atoms with Crippen molar-refractivity contribution in [2.75, 3.05) is 37.4 Å². The fourth-order valence-electron chi connectivity index (χ4n) is 4.42. The van der Waals surface area contributed by atoms with Crippen LogP contribution in [0.2, 0.25) is 0 Å². The molecule has 2 N–H and O–H groups in total. The number of hydrogen-bond acceptors (Lipinski definition) is 8. The molecule has 12 nitrogen and oxygen atoms in total. The smallest absolute Gasteiger partial charge is 0.259 e. The van der Waals surface area contributed by atoms with Crippen molar-refractivity contribution in [3.63, 3.8) is 0 Å². The first kappa shape index (κ1) is 24.5. The van der Waals surface area contributed by atoms with Gasteiger partial charge in [0.2, 0.25) is 11.9 Å². The molecule has 0 radical (unpaired) electrons. The molecule has 1 fully saturated rings. The van der Waals surface area contributed by atoms with Crippen molar-refractivity contribution < 1.29 is 18.7 Å². The molecule has 0 aliphatic carbocycles. The maximum atomic E-state index is 14.4. The van der Waals surface area contributed by atoms with Gasteiger partial charge in [0.25, 0.3) is 5.91 Å². The van der Waals surface area contributed by atoms with Gasteiger partial charge in [0.05, 0.1) is 72.3 Å². The zero-order valence-corrected chi connectivity index (χ0v) is 20.4. The first-order chi connectivity index (χ1) is 17.9. The predicted octanol–water partition coefficient (Wildman–Crippen LogP) is 1.97. The summed E-state index contributed by atoms with van der Waals surface area (Å²) < 4.78 is 22.8. The average molecular weight is 508 g/mol. The van der Waals surface area contributed by atoms with Gasteiger partial charge in [-0.3, -0.25) is 24.2 Å². The Labute approximate surface area is 211 Å². The van der Waals surface area contributed by atoms with Crippen LogP contribution in [0.4, 0.5) is 15.8 Å². The molecule has 1 atom stereocenters. The molecule has 0 aromatic carbocycles. The summed E-state index contributed by atoms with van der Waals surface area (Å²) in [4.78, 5) is 35.7. The lowest BCUT2D eigenvalue weighted by Gasteiger charge is -2.23. The van der Waals surface area contributed by atoms with Crippen molar-refractivity contribution >= 4 is 28.7 Å². The quantitative estimate of drug-likeness (QED) is 0.346. The van der Waals surface area contributed by atoms with Crippen LogP contribution >= 0.6 is 0 Å². The van der Waals surface area contributed by atoms with Crippen LogP contribution in [0.25, 0.3) is 16.8 Å². The summed E-state index contributed by atoms with van der Waals surface area (Å²) in [5.74, 6) is -1.72. The van der Waals surface area contributed by atoms with E-state index in [1.165, 1.54) is 29.2 Å². The molecule has 0 spiro atoms. The van der Waals surface area contributed by atoms with Crippen molar-refractivity contribution in [3.05, 3.63) is 54.8 Å². The minimum Gasteiger partial charge on any atom is -0.383 e. The molecule has 1 aliphatic heterocycles. The zero-order valence-electron chi connectivity index (χ0n) is 20.4. The maximum Gasteiger partial charge on any atom is 0.259 e. The SMILES string of the molecule is COC[C@H]1CCCN1CC(=O)Nc1cnc(F)c(NC(=O)c2cnn3cc(-c4cnn(C)c4)ncc23)c1. The van der Waals surface area contributed by atoms with Crippen LogP contribution in [-0.4, -0.2) is 78.9 Å². The van der Waals surface area contributed by atoms with Gasteiger partial charge in [-0.1, -0.05) is 0 Å². The number of aryl methyl sites for hydroxylation is 1. The molecule has 1 aliphatic rings. The number of fused-ring (bicyclic) bond motifs is 1. The Bertz CT molecular complexity index is 1450. The molecular formula is C24H26FN9O3. The van der Waals surface area contributed by atoms with Gasteiger partial charge in [0, 0.05) is 32.0 Å². The molecule has 2 amide bonds. The molecular weight excluding hydrogens is 481 g/mol. The molecule has 192 valence electrons. The molecule has 5 rings (SSSR count). The molecule has 1 saturated heterocycles. The highest BCUT2D eigenvalue weighted by Crippen LogP contribution is 2.22. The van der Waals surface area contributed by atoms with Crippen LogP contribution in [0, 0.1) is 5.95 Å². The van der Waals surface area contributed by atoms with Crippen LogP contribution < -0.4 is 10.6 Å². The summed E-state index contributed by atoms with van der Waals surface area (Å²) >= 11 is 0. The van der Waals surface area contributed by atoms with Gasteiger partial charge in [-0.05, 0) is 25.5 Å². The number of ether oxygens (including phenoxy) is 1. The number of carbonyl (C=O) groups excluding carboxylic acids is 2. The molecule has 4 aromatic rings. The Morgan fingerprint density at radius 3 is 2.78 bits per heavy atom. The lowest BCUT2D eigenvalue weighted by molar-refractivity contribution is -0.117. The predicted molar refractivity (Wildman–Crippen MR) is 132 cm³/mol. The zero-order chi connectivity index (χ0) is 25.9. The summed E-state index contributed by atoms with van der Waals surface area (Å²) in [6.07, 6.45) is 11.2. The van der Waals surface area contributed by atoms with E-state index in [1.807, 2.05) is 6.20 Å². The molecule has 5 heterocycles. The molecule has 0 bridgehead atoms. The second-order valence-electron chi connectivity index (χ2n) is 8.85. The molecule has 37 heavy (non-hydrogen) atoms. The van der Waals surface area contributed by atoms with Crippen LogP contribution in [0.5, 0.6) is 0 Å². The summed E-state index contributed by atoms with van der Waals surface area (Å²) in [5, 5.41) is 13.6. The number of halogens is 1. The van der Waals surface area contributed by atoms with Gasteiger partial charge in [0.15, 0.2) is 0 Å². The van der Waals surface area contributed by atoms with Gasteiger partial charge in [0.1, 0.15) is 0 Å². The third kappa shape index (κ3) is 5.32. The van der Waals surface area contributed by atoms with E-state index in [9.17, 15) is 14.0 Å². The average Bonchev–Trinajstić information content (AvgIpc) is 3.61. The molecule has 0 unspecified atom stereocenters. The monoisotopic (exact) mass is 507 g/mol. The number of rotatable bonds is 8. The minimum atomic E-state index is -0.875. The van der Waals surface area contributed by atoms with E-state index in [1.54, 1.807) is 31.2 Å². The molecule has 13 heteroatoms. The molecule has 4 aromatic heterocycles.